The number of aliphatic hydroxyl groups excluding tert-OH is 1. The molecule has 0 aromatic heterocycles. The van der Waals surface area contributed by atoms with E-state index >= 15 is 0 Å². The van der Waals surface area contributed by atoms with Crippen LogP contribution in [0.25, 0.3) is 0 Å². The summed E-state index contributed by atoms with van der Waals surface area (Å²) in [4.78, 5) is 25.3. The Kier molecular flexibility index (Phi) is 6.40. The van der Waals surface area contributed by atoms with Gasteiger partial charge in [0, 0.05) is 0 Å². The number of aliphatic hydroxyl groups is 1. The van der Waals surface area contributed by atoms with Crippen LogP contribution in [0.3, 0.4) is 0 Å². The van der Waals surface area contributed by atoms with E-state index in [0.29, 0.717) is 16.8 Å². The zero-order valence-electron chi connectivity index (χ0n) is 18.2. The summed E-state index contributed by atoms with van der Waals surface area (Å²) >= 11 is 0. The highest BCUT2D eigenvalue weighted by Gasteiger charge is 2.71. The fourth-order valence-electron chi connectivity index (χ4n) is 3.60. The smallest absolute Gasteiger partial charge is 0.251 e. The van der Waals surface area contributed by atoms with Gasteiger partial charge in [-0.1, -0.05) is 19.9 Å². The van der Waals surface area contributed by atoms with E-state index in [-0.39, 0.29) is 24.5 Å². The topological polar surface area (TPSA) is 88.0 Å². The van der Waals surface area contributed by atoms with Gasteiger partial charge in [-0.15, -0.1) is 0 Å². The highest BCUT2D eigenvalue weighted by molar-refractivity contribution is 7.80. The molecule has 1 aromatic rings. The van der Waals surface area contributed by atoms with Crippen LogP contribution in [0, 0.1) is 11.3 Å². The van der Waals surface area contributed by atoms with E-state index in [4.69, 9.17) is 9.47 Å². The molecule has 1 aliphatic rings. The molecule has 6 nitrogen and oxygen atoms in total. The molecule has 0 radical (unpaired) electrons. The lowest BCUT2D eigenvalue weighted by Crippen LogP contribution is -2.53. The molecule has 28 heavy (non-hydrogen) atoms. The second-order valence-electron chi connectivity index (χ2n) is 9.36. The van der Waals surface area contributed by atoms with Crippen molar-refractivity contribution in [3.8, 4) is 11.5 Å². The molecular weight excluding hydrogens is 377 g/mol. The second kappa shape index (κ2) is 7.81. The second-order valence-corrected chi connectivity index (χ2v) is 13.0. The molecular formula is C21H35NO5P+. The van der Waals surface area contributed by atoms with Gasteiger partial charge in [0.05, 0.1) is 19.8 Å². The molecule has 0 spiro atoms. The highest BCUT2D eigenvalue weighted by Crippen LogP contribution is 2.76. The van der Waals surface area contributed by atoms with E-state index in [9.17, 15) is 14.8 Å². The molecule has 3 N–H and O–H groups in total. The average molecular weight is 412 g/mol. The summed E-state index contributed by atoms with van der Waals surface area (Å²) in [6.45, 7) is 13.2. The third kappa shape index (κ3) is 3.62. The molecule has 0 aliphatic carbocycles. The third-order valence-electron chi connectivity index (χ3n) is 5.64. The van der Waals surface area contributed by atoms with Gasteiger partial charge >= 0.3 is 0 Å². The Bertz CT molecular complexity index is 728. The van der Waals surface area contributed by atoms with Crippen molar-refractivity contribution in [3.63, 3.8) is 0 Å². The van der Waals surface area contributed by atoms with Crippen LogP contribution in [-0.4, -0.2) is 46.7 Å². The lowest BCUT2D eigenvalue weighted by atomic mass is 9.91. The highest BCUT2D eigenvalue weighted by atomic mass is 31.2. The number of benzene rings is 1. The van der Waals surface area contributed by atoms with E-state index in [1.54, 1.807) is 21.0 Å². The van der Waals surface area contributed by atoms with Crippen molar-refractivity contribution in [2.45, 2.75) is 65.5 Å². The summed E-state index contributed by atoms with van der Waals surface area (Å²) in [6, 6.07) is 5.09. The Balaban J connectivity index is 2.53. The number of carbonyl (C=O) groups excluding carboxylic acids is 1. The molecule has 1 aromatic carbocycles. The van der Waals surface area contributed by atoms with Gasteiger partial charge < -0.3 is 19.9 Å². The molecule has 1 heterocycles. The maximum atomic E-state index is 13.2. The first-order valence-corrected chi connectivity index (χ1v) is 11.5. The number of methoxy groups -OCH3 is 1. The fraction of sp³-hybridized carbons (Fsp3) is 0.667. The summed E-state index contributed by atoms with van der Waals surface area (Å²) in [7, 11) is -1.41. The Morgan fingerprint density at radius 3 is 2.36 bits per heavy atom. The average Bonchev–Trinajstić information content (AvgIpc) is 2.94. The monoisotopic (exact) mass is 412 g/mol. The van der Waals surface area contributed by atoms with Gasteiger partial charge in [-0.3, -0.25) is 4.79 Å². The number of amides is 1. The van der Waals surface area contributed by atoms with Crippen LogP contribution < -0.4 is 20.1 Å². The number of carbonyl (C=O) groups is 1. The van der Waals surface area contributed by atoms with Crippen molar-refractivity contribution < 1.29 is 24.3 Å². The molecule has 0 saturated carbocycles. The largest absolute Gasteiger partial charge is 0.492 e. The Hall–Kier alpha value is -1.36. The minimum Gasteiger partial charge on any atom is -0.492 e. The van der Waals surface area contributed by atoms with Gasteiger partial charge in [0.2, 0.25) is 18.7 Å². The number of nitrogens with one attached hydrogen (secondary N) is 1. The van der Waals surface area contributed by atoms with Crippen LogP contribution in [0.4, 0.5) is 0 Å². The van der Waals surface area contributed by atoms with Crippen molar-refractivity contribution in [1.29, 1.82) is 0 Å². The lowest BCUT2D eigenvalue weighted by molar-refractivity contribution is -0.133. The molecule has 3 atom stereocenters. The van der Waals surface area contributed by atoms with E-state index in [1.165, 1.54) is 0 Å². The molecule has 1 unspecified atom stereocenters. The lowest BCUT2D eigenvalue weighted by Gasteiger charge is -2.39. The predicted molar refractivity (Wildman–Crippen MR) is 114 cm³/mol. The molecule has 1 aliphatic heterocycles. The van der Waals surface area contributed by atoms with Gasteiger partial charge in [-0.2, -0.15) is 0 Å². The zero-order chi connectivity index (χ0) is 21.5. The van der Waals surface area contributed by atoms with Gasteiger partial charge in [-0.05, 0) is 52.7 Å². The van der Waals surface area contributed by atoms with Gasteiger partial charge in [0.1, 0.15) is 10.6 Å². The summed E-state index contributed by atoms with van der Waals surface area (Å²) in [5.74, 6) is 0.260. The minimum atomic E-state index is -2.98. The summed E-state index contributed by atoms with van der Waals surface area (Å²) in [5.41, 5.74) is -1.03. The van der Waals surface area contributed by atoms with Crippen molar-refractivity contribution in [3.05, 3.63) is 18.2 Å². The van der Waals surface area contributed by atoms with Crippen molar-refractivity contribution in [1.82, 2.24) is 5.32 Å². The Morgan fingerprint density at radius 2 is 1.89 bits per heavy atom. The number of ether oxygens (including phenoxy) is 2. The Labute approximate surface area is 169 Å². The van der Waals surface area contributed by atoms with Crippen LogP contribution in [0.15, 0.2) is 18.2 Å². The van der Waals surface area contributed by atoms with E-state index < -0.39 is 23.9 Å². The standard InChI is InChI=1S/C21H34NO5P/c1-13(2)14(12-23)22-18(24)21(6,7)19-27-16-11-9-10-15(26-8)17(16)28(19,25)20(3,4)5/h9-11,13-14,19,23,25H,12H2,1-8H3/p+1/t14-,19-,28?/m0/s1. The number of rotatable bonds is 6. The molecule has 0 fully saturated rings. The van der Waals surface area contributed by atoms with Crippen molar-refractivity contribution >= 4 is 18.7 Å². The maximum Gasteiger partial charge on any atom is 0.251 e. The Morgan fingerprint density at radius 1 is 1.29 bits per heavy atom. The molecule has 1 amide bonds. The normalized spacial score (nSPS) is 23.2. The summed E-state index contributed by atoms with van der Waals surface area (Å²) in [6.07, 6.45) is 0. The number of fused-ring (bicyclic) bond motifs is 1. The third-order valence-corrected chi connectivity index (χ3v) is 10.2. The zero-order valence-corrected chi connectivity index (χ0v) is 19.1. The SMILES string of the molecule is COc1cccc2c1[P+](O)(C(C)(C)C)[C@@H](C(C)(C)C(=O)N[C@@H](CO)C(C)C)O2. The number of hydrogen-bond donors (Lipinski definition) is 3. The van der Waals surface area contributed by atoms with Crippen LogP contribution in [0.5, 0.6) is 11.5 Å². The first kappa shape index (κ1) is 22.9. The van der Waals surface area contributed by atoms with Crippen LogP contribution in [0.2, 0.25) is 0 Å². The van der Waals surface area contributed by atoms with Crippen molar-refractivity contribution in [2.24, 2.45) is 11.3 Å². The fourth-order valence-corrected chi connectivity index (χ4v) is 7.49. The van der Waals surface area contributed by atoms with Crippen LogP contribution in [0.1, 0.15) is 48.5 Å². The van der Waals surface area contributed by atoms with Crippen LogP contribution >= 0.6 is 7.49 Å². The first-order chi connectivity index (χ1) is 12.8. The van der Waals surface area contributed by atoms with E-state index in [0.717, 1.165) is 0 Å². The van der Waals surface area contributed by atoms with Gasteiger partial charge in [0.15, 0.2) is 11.5 Å². The van der Waals surface area contributed by atoms with E-state index in [2.05, 4.69) is 5.32 Å². The summed E-state index contributed by atoms with van der Waals surface area (Å²) < 4.78 is 11.8. The molecule has 7 heteroatoms. The maximum absolute atomic E-state index is 13.2. The van der Waals surface area contributed by atoms with Gasteiger partial charge in [0.25, 0.3) is 5.85 Å². The quantitative estimate of drug-likeness (QED) is 0.626. The predicted octanol–water partition coefficient (Wildman–Crippen LogP) is 2.92. The van der Waals surface area contributed by atoms with E-state index in [1.807, 2.05) is 52.8 Å². The molecule has 0 saturated heterocycles. The molecule has 158 valence electrons. The minimum absolute atomic E-state index is 0.0860. The molecule has 2 rings (SSSR count). The first-order valence-electron chi connectivity index (χ1n) is 9.70. The molecule has 0 bridgehead atoms. The van der Waals surface area contributed by atoms with Gasteiger partial charge in [-0.25, -0.2) is 4.89 Å². The summed E-state index contributed by atoms with van der Waals surface area (Å²) in [5, 5.41) is 12.7. The number of hydrogen-bond acceptors (Lipinski definition) is 5. The van der Waals surface area contributed by atoms with Crippen LogP contribution in [-0.2, 0) is 4.79 Å². The van der Waals surface area contributed by atoms with Crippen molar-refractivity contribution in [2.75, 3.05) is 13.7 Å².